The smallest absolute Gasteiger partial charge is 0.326 e. The SMILES string of the molecule is O=C(O)CCC(NC(=O)c1c(F)cc(Br)cc1F)C(=O)O. The van der Waals surface area contributed by atoms with E-state index in [4.69, 9.17) is 10.2 Å². The normalized spacial score (nSPS) is 11.8. The molecule has 0 radical (unpaired) electrons. The van der Waals surface area contributed by atoms with Gasteiger partial charge in [-0.05, 0) is 18.6 Å². The van der Waals surface area contributed by atoms with Gasteiger partial charge in [0, 0.05) is 10.9 Å². The third-order valence-electron chi connectivity index (χ3n) is 2.48. The van der Waals surface area contributed by atoms with Gasteiger partial charge in [0.1, 0.15) is 23.2 Å². The number of hydrogen-bond acceptors (Lipinski definition) is 3. The lowest BCUT2D eigenvalue weighted by atomic mass is 10.1. The van der Waals surface area contributed by atoms with E-state index in [0.717, 1.165) is 12.1 Å². The molecule has 0 spiro atoms. The zero-order valence-electron chi connectivity index (χ0n) is 10.4. The van der Waals surface area contributed by atoms with Gasteiger partial charge in [0.15, 0.2) is 0 Å². The Bertz CT molecular complexity index is 570. The lowest BCUT2D eigenvalue weighted by Gasteiger charge is -2.14. The van der Waals surface area contributed by atoms with Gasteiger partial charge in [-0.3, -0.25) is 9.59 Å². The van der Waals surface area contributed by atoms with Crippen molar-refractivity contribution in [3.8, 4) is 0 Å². The Morgan fingerprint density at radius 1 is 1.19 bits per heavy atom. The van der Waals surface area contributed by atoms with Crippen LogP contribution in [0.25, 0.3) is 0 Å². The van der Waals surface area contributed by atoms with Crippen molar-refractivity contribution in [2.24, 2.45) is 0 Å². The van der Waals surface area contributed by atoms with Crippen LogP contribution in [-0.4, -0.2) is 34.1 Å². The zero-order chi connectivity index (χ0) is 16.2. The van der Waals surface area contributed by atoms with Crippen LogP contribution in [0.1, 0.15) is 23.2 Å². The van der Waals surface area contributed by atoms with Crippen LogP contribution in [0, 0.1) is 11.6 Å². The zero-order valence-corrected chi connectivity index (χ0v) is 12.0. The van der Waals surface area contributed by atoms with E-state index in [1.54, 1.807) is 0 Å². The second-order valence-corrected chi connectivity index (χ2v) is 4.96. The number of nitrogens with one attached hydrogen (secondary N) is 1. The molecule has 0 heterocycles. The number of carbonyl (C=O) groups is 3. The molecule has 0 aromatic heterocycles. The van der Waals surface area contributed by atoms with Gasteiger partial charge in [-0.2, -0.15) is 0 Å². The minimum Gasteiger partial charge on any atom is -0.481 e. The summed E-state index contributed by atoms with van der Waals surface area (Å²) in [7, 11) is 0. The van der Waals surface area contributed by atoms with Crippen LogP contribution in [0.4, 0.5) is 8.78 Å². The van der Waals surface area contributed by atoms with Crippen LogP contribution in [0.2, 0.25) is 0 Å². The minimum absolute atomic E-state index is 0.0784. The van der Waals surface area contributed by atoms with Crippen molar-refractivity contribution < 1.29 is 33.4 Å². The van der Waals surface area contributed by atoms with Crippen molar-refractivity contribution >= 4 is 33.8 Å². The molecule has 1 amide bonds. The number of halogens is 3. The molecule has 9 heteroatoms. The van der Waals surface area contributed by atoms with E-state index in [9.17, 15) is 23.2 Å². The molecule has 1 unspecified atom stereocenters. The van der Waals surface area contributed by atoms with Crippen molar-refractivity contribution in [3.63, 3.8) is 0 Å². The molecule has 0 saturated carbocycles. The minimum atomic E-state index is -1.56. The first kappa shape index (κ1) is 17.0. The average Bonchev–Trinajstić information content (AvgIpc) is 2.32. The summed E-state index contributed by atoms with van der Waals surface area (Å²) in [5.41, 5.74) is -0.931. The fourth-order valence-corrected chi connectivity index (χ4v) is 1.92. The summed E-state index contributed by atoms with van der Waals surface area (Å²) < 4.78 is 27.2. The van der Waals surface area contributed by atoms with Gasteiger partial charge in [-0.25, -0.2) is 13.6 Å². The van der Waals surface area contributed by atoms with Crippen LogP contribution in [0.5, 0.6) is 0 Å². The van der Waals surface area contributed by atoms with Gasteiger partial charge in [-0.1, -0.05) is 15.9 Å². The molecule has 21 heavy (non-hydrogen) atoms. The fraction of sp³-hybridized carbons (Fsp3) is 0.250. The van der Waals surface area contributed by atoms with Crippen molar-refractivity contribution in [2.75, 3.05) is 0 Å². The third-order valence-corrected chi connectivity index (χ3v) is 2.94. The highest BCUT2D eigenvalue weighted by atomic mass is 79.9. The van der Waals surface area contributed by atoms with Crippen LogP contribution in [-0.2, 0) is 9.59 Å². The Labute approximate surface area is 125 Å². The summed E-state index contributed by atoms with van der Waals surface area (Å²) in [6.45, 7) is 0. The van der Waals surface area contributed by atoms with Crippen LogP contribution < -0.4 is 5.32 Å². The molecule has 1 aromatic rings. The number of amides is 1. The molecule has 0 aliphatic carbocycles. The lowest BCUT2D eigenvalue weighted by molar-refractivity contribution is -0.140. The van der Waals surface area contributed by atoms with E-state index < -0.39 is 53.9 Å². The van der Waals surface area contributed by atoms with Crippen molar-refractivity contribution in [1.29, 1.82) is 0 Å². The summed E-state index contributed by atoms with van der Waals surface area (Å²) in [5.74, 6) is -6.35. The molecule has 0 saturated heterocycles. The van der Waals surface area contributed by atoms with E-state index in [1.807, 2.05) is 5.32 Å². The molecule has 0 aliphatic heterocycles. The summed E-state index contributed by atoms with van der Waals surface area (Å²) in [5, 5.41) is 19.2. The first-order valence-corrected chi connectivity index (χ1v) is 6.41. The summed E-state index contributed by atoms with van der Waals surface area (Å²) in [6, 6.07) is 0.145. The van der Waals surface area contributed by atoms with Crippen LogP contribution >= 0.6 is 15.9 Å². The van der Waals surface area contributed by atoms with Gasteiger partial charge in [0.2, 0.25) is 0 Å². The number of rotatable bonds is 6. The molecule has 0 bridgehead atoms. The maximum atomic E-state index is 13.6. The predicted octanol–water partition coefficient (Wildman–Crippen LogP) is 1.78. The number of carboxylic acid groups (broad SMARTS) is 2. The van der Waals surface area contributed by atoms with E-state index in [2.05, 4.69) is 15.9 Å². The average molecular weight is 366 g/mol. The molecule has 3 N–H and O–H groups in total. The van der Waals surface area contributed by atoms with E-state index in [-0.39, 0.29) is 4.47 Å². The second-order valence-electron chi connectivity index (χ2n) is 4.04. The third kappa shape index (κ3) is 4.78. The Balaban J connectivity index is 2.92. The topological polar surface area (TPSA) is 104 Å². The first-order chi connectivity index (χ1) is 9.72. The molecule has 0 aliphatic rings. The van der Waals surface area contributed by atoms with E-state index >= 15 is 0 Å². The van der Waals surface area contributed by atoms with Gasteiger partial charge in [0.25, 0.3) is 5.91 Å². The number of benzene rings is 1. The maximum absolute atomic E-state index is 13.6. The Hall–Kier alpha value is -2.03. The number of aliphatic carboxylic acids is 2. The molecule has 1 atom stereocenters. The largest absolute Gasteiger partial charge is 0.481 e. The molecule has 0 fully saturated rings. The molecule has 1 rings (SSSR count). The highest BCUT2D eigenvalue weighted by Crippen LogP contribution is 2.19. The highest BCUT2D eigenvalue weighted by molar-refractivity contribution is 9.10. The van der Waals surface area contributed by atoms with Crippen molar-refractivity contribution in [3.05, 3.63) is 33.8 Å². The van der Waals surface area contributed by atoms with Crippen LogP contribution in [0.3, 0.4) is 0 Å². The standard InChI is InChI=1S/C12H10BrF2NO5/c13-5-3-6(14)10(7(15)4-5)11(19)16-8(12(20)21)1-2-9(17)18/h3-4,8H,1-2H2,(H,16,19)(H,17,18)(H,20,21). The quantitative estimate of drug-likeness (QED) is 0.712. The van der Waals surface area contributed by atoms with Crippen molar-refractivity contribution in [2.45, 2.75) is 18.9 Å². The van der Waals surface area contributed by atoms with Gasteiger partial charge in [-0.15, -0.1) is 0 Å². The Morgan fingerprint density at radius 2 is 1.71 bits per heavy atom. The van der Waals surface area contributed by atoms with E-state index in [0.29, 0.717) is 0 Å². The predicted molar refractivity (Wildman–Crippen MR) is 69.8 cm³/mol. The number of hydrogen-bond donors (Lipinski definition) is 3. The highest BCUT2D eigenvalue weighted by Gasteiger charge is 2.25. The van der Waals surface area contributed by atoms with Gasteiger partial charge >= 0.3 is 11.9 Å². The van der Waals surface area contributed by atoms with Gasteiger partial charge < -0.3 is 15.5 Å². The molecule has 1 aromatic carbocycles. The molecule has 6 nitrogen and oxygen atoms in total. The Morgan fingerprint density at radius 3 is 2.14 bits per heavy atom. The second kappa shape index (κ2) is 7.11. The summed E-state index contributed by atoms with van der Waals surface area (Å²) in [4.78, 5) is 33.0. The van der Waals surface area contributed by atoms with E-state index in [1.165, 1.54) is 0 Å². The molecular formula is C12H10BrF2NO5. The summed E-state index contributed by atoms with van der Waals surface area (Å²) in [6.07, 6.45) is -0.918. The fourth-order valence-electron chi connectivity index (χ4n) is 1.51. The molecular weight excluding hydrogens is 356 g/mol. The summed E-state index contributed by atoms with van der Waals surface area (Å²) >= 11 is 2.84. The first-order valence-electron chi connectivity index (χ1n) is 5.62. The van der Waals surface area contributed by atoms with Gasteiger partial charge in [0.05, 0.1) is 0 Å². The number of carboxylic acids is 2. The monoisotopic (exact) mass is 365 g/mol. The van der Waals surface area contributed by atoms with Crippen LogP contribution in [0.15, 0.2) is 16.6 Å². The number of carbonyl (C=O) groups excluding carboxylic acids is 1. The lowest BCUT2D eigenvalue weighted by Crippen LogP contribution is -2.41. The van der Waals surface area contributed by atoms with Crippen molar-refractivity contribution in [1.82, 2.24) is 5.32 Å². The Kier molecular flexibility index (Phi) is 5.77. The maximum Gasteiger partial charge on any atom is 0.326 e. The molecule has 114 valence electrons.